The number of aromatic nitrogens is 2. The predicted octanol–water partition coefficient (Wildman–Crippen LogP) is 6.10. The molecule has 0 aliphatic heterocycles. The molecule has 0 saturated carbocycles. The smallest absolute Gasteiger partial charge is 1.00 e. The fourth-order valence-corrected chi connectivity index (χ4v) is 13.2. The van der Waals surface area contributed by atoms with Gasteiger partial charge in [-0.3, -0.25) is 0 Å². The van der Waals surface area contributed by atoms with Crippen LogP contribution in [-0.4, -0.2) is 9.97 Å². The van der Waals surface area contributed by atoms with Crippen molar-refractivity contribution < 1.29 is 48.0 Å². The average molecular weight is 799 g/mol. The van der Waals surface area contributed by atoms with Gasteiger partial charge in [-0.1, -0.05) is 0 Å². The molecule has 6 aromatic carbocycles. The number of benzene rings is 6. The Hall–Kier alpha value is -4.92. The van der Waals surface area contributed by atoms with Crippen LogP contribution in [0.4, 0.5) is 0 Å². The van der Waals surface area contributed by atoms with Gasteiger partial charge in [0.25, 0.3) is 0 Å². The monoisotopic (exact) mass is 796 g/mol. The minimum Gasteiger partial charge on any atom is -1.00 e. The Morgan fingerprint density at radius 3 is 1.23 bits per heavy atom. The van der Waals surface area contributed by atoms with Crippen molar-refractivity contribution in [3.05, 3.63) is 204 Å². The van der Waals surface area contributed by atoms with E-state index in [1.807, 2.05) is 24.5 Å². The van der Waals surface area contributed by atoms with Crippen LogP contribution in [0.3, 0.4) is 0 Å². The molecule has 10 rings (SSSR count). The van der Waals surface area contributed by atoms with Gasteiger partial charge in [0.05, 0.1) is 0 Å². The third kappa shape index (κ3) is 6.12. The first-order chi connectivity index (χ1) is 25.3. The normalized spacial score (nSPS) is 15.4. The first-order valence-corrected chi connectivity index (χ1v) is 20.4. The minimum atomic E-state index is -1.34. The van der Waals surface area contributed by atoms with Gasteiger partial charge in [-0.25, -0.2) is 0 Å². The summed E-state index contributed by atoms with van der Waals surface area (Å²) in [6.07, 6.45) is 8.81. The molecule has 2 aromatic heterocycles. The molecule has 0 N–H and O–H groups in total. The Labute approximate surface area is 333 Å². The van der Waals surface area contributed by atoms with Crippen molar-refractivity contribution >= 4 is 44.8 Å². The summed E-state index contributed by atoms with van der Waals surface area (Å²) in [6.45, 7) is 0. The Kier molecular flexibility index (Phi) is 9.84. The second-order valence-electron chi connectivity index (χ2n) is 13.3. The fourth-order valence-electron chi connectivity index (χ4n) is 8.23. The number of fused-ring (bicyclic) bond motifs is 4. The molecule has 0 fully saturated rings. The maximum atomic E-state index is 4.96. The van der Waals surface area contributed by atoms with Crippen molar-refractivity contribution in [3.8, 4) is 22.3 Å². The maximum absolute atomic E-state index is 4.96. The zero-order valence-electron chi connectivity index (χ0n) is 28.6. The summed E-state index contributed by atoms with van der Waals surface area (Å²) < 4.78 is 0.635. The van der Waals surface area contributed by atoms with Gasteiger partial charge in [0.15, 0.2) is 0 Å². The summed E-state index contributed by atoms with van der Waals surface area (Å²) >= 11 is -1.34. The molecule has 252 valence electrons. The van der Waals surface area contributed by atoms with E-state index in [-0.39, 0.29) is 24.8 Å². The number of hydrogen-bond donors (Lipinski definition) is 0. The van der Waals surface area contributed by atoms with Gasteiger partial charge in [-0.05, 0) is 0 Å². The molecule has 0 amide bonds. The van der Waals surface area contributed by atoms with Gasteiger partial charge in [-0.15, -0.1) is 0 Å². The quantitative estimate of drug-likeness (QED) is 0.204. The average Bonchev–Trinajstić information content (AvgIpc) is 3.77. The van der Waals surface area contributed by atoms with Crippen LogP contribution in [0.1, 0.15) is 40.9 Å². The molecule has 2 unspecified atom stereocenters. The Morgan fingerprint density at radius 1 is 0.377 bits per heavy atom. The van der Waals surface area contributed by atoms with Gasteiger partial charge in [0.2, 0.25) is 0 Å². The molecule has 0 saturated heterocycles. The molecule has 5 heteroatoms. The van der Waals surface area contributed by atoms with Crippen LogP contribution in [0.5, 0.6) is 0 Å². The van der Waals surface area contributed by atoms with E-state index in [4.69, 9.17) is 9.97 Å². The Balaban J connectivity index is 0.00000200. The summed E-state index contributed by atoms with van der Waals surface area (Å²) in [6, 6.07) is 57.5. The van der Waals surface area contributed by atoms with Crippen LogP contribution in [0, 0.1) is 0 Å². The molecular weight excluding hydrogens is 767 g/mol. The van der Waals surface area contributed by atoms with Gasteiger partial charge < -0.3 is 24.8 Å². The topological polar surface area (TPSA) is 25.8 Å². The van der Waals surface area contributed by atoms with Crippen LogP contribution in [-0.2, 0) is 23.2 Å². The van der Waals surface area contributed by atoms with Crippen molar-refractivity contribution in [2.45, 2.75) is 7.25 Å². The largest absolute Gasteiger partial charge is 1.00 e. The molecular formula is C48H32Cl2N2Zr. The van der Waals surface area contributed by atoms with E-state index in [1.165, 1.54) is 77.2 Å². The molecule has 0 radical (unpaired) electrons. The van der Waals surface area contributed by atoms with Crippen LogP contribution >= 0.6 is 0 Å². The van der Waals surface area contributed by atoms with E-state index >= 15 is 0 Å². The number of pyridine rings is 2. The van der Waals surface area contributed by atoms with Gasteiger partial charge in [-0.2, -0.15) is 0 Å². The van der Waals surface area contributed by atoms with E-state index in [0.29, 0.717) is 7.25 Å². The first kappa shape index (κ1) is 35.1. The number of hydrogen-bond acceptors (Lipinski definition) is 2. The van der Waals surface area contributed by atoms with Gasteiger partial charge in [0.1, 0.15) is 0 Å². The molecule has 2 heterocycles. The van der Waals surface area contributed by atoms with Crippen LogP contribution in [0.25, 0.3) is 67.1 Å². The minimum absolute atomic E-state index is 0. The molecule has 2 aliphatic rings. The third-order valence-corrected chi connectivity index (χ3v) is 15.2. The van der Waals surface area contributed by atoms with Crippen molar-refractivity contribution in [1.82, 2.24) is 9.97 Å². The van der Waals surface area contributed by atoms with Crippen LogP contribution < -0.4 is 24.8 Å². The molecule has 53 heavy (non-hydrogen) atoms. The molecule has 8 aromatic rings. The number of nitrogens with zero attached hydrogens (tertiary/aromatic N) is 2. The molecule has 2 atom stereocenters. The summed E-state index contributed by atoms with van der Waals surface area (Å²) in [4.78, 5) is 9.91. The van der Waals surface area contributed by atoms with E-state index in [9.17, 15) is 0 Å². The summed E-state index contributed by atoms with van der Waals surface area (Å²) in [5, 5.41) is 5.11. The summed E-state index contributed by atoms with van der Waals surface area (Å²) in [7, 11) is 0. The molecule has 2 nitrogen and oxygen atoms in total. The Bertz CT molecular complexity index is 2490. The second-order valence-corrected chi connectivity index (χ2v) is 17.0. The maximum Gasteiger partial charge on any atom is -1.00 e. The van der Waals surface area contributed by atoms with E-state index in [1.54, 1.807) is 0 Å². The number of allylic oxidation sites excluding steroid dienone is 2. The molecule has 2 aliphatic carbocycles. The summed E-state index contributed by atoms with van der Waals surface area (Å²) in [5.74, 6) is 0. The van der Waals surface area contributed by atoms with E-state index in [0.717, 1.165) is 11.4 Å². The van der Waals surface area contributed by atoms with Crippen molar-refractivity contribution in [2.24, 2.45) is 0 Å². The third-order valence-electron chi connectivity index (χ3n) is 10.5. The second kappa shape index (κ2) is 14.8. The fraction of sp³-hybridized carbons (Fsp3) is 0.0417. The standard InChI is InChI=1S/2C24H16N.2ClH.Zr/c2*1-2-10-20-17(7-1)8-5-11-21(20)22-12-6-9-18-15-19(16-23(18)22)24-13-3-4-14-25-24;;;/h2*1-16H;2*1H;/q;;;;+2/p-2. The SMILES string of the molecule is C1=C(c2ccccn2)[CH]([Zr+2][CH]2C(c3ccccn3)=Cc3c(-c4cccc5ccccc45)cccc32)c2cccc(-c3cccc4ccccc34)c21.[Cl-].[Cl-]. The van der Waals surface area contributed by atoms with Crippen molar-refractivity contribution in [1.29, 1.82) is 0 Å². The first-order valence-electron chi connectivity index (χ1n) is 17.6. The van der Waals surface area contributed by atoms with Crippen LogP contribution in [0.15, 0.2) is 170 Å². The number of halogens is 2. The van der Waals surface area contributed by atoms with Crippen molar-refractivity contribution in [2.75, 3.05) is 0 Å². The predicted molar refractivity (Wildman–Crippen MR) is 208 cm³/mol. The van der Waals surface area contributed by atoms with E-state index in [2.05, 4.69) is 158 Å². The molecule has 0 spiro atoms. The Morgan fingerprint density at radius 2 is 0.774 bits per heavy atom. The molecule has 0 bridgehead atoms. The van der Waals surface area contributed by atoms with E-state index < -0.39 is 23.2 Å². The van der Waals surface area contributed by atoms with Gasteiger partial charge in [0, 0.05) is 0 Å². The zero-order chi connectivity index (χ0) is 33.7. The summed E-state index contributed by atoms with van der Waals surface area (Å²) in [5.41, 5.74) is 15.6. The van der Waals surface area contributed by atoms with Gasteiger partial charge >= 0.3 is 311 Å². The zero-order valence-corrected chi connectivity index (χ0v) is 32.6. The van der Waals surface area contributed by atoms with Crippen LogP contribution in [0.2, 0.25) is 0 Å². The van der Waals surface area contributed by atoms with Crippen molar-refractivity contribution in [3.63, 3.8) is 0 Å². The number of rotatable bonds is 6.